The minimum absolute atomic E-state index is 0.0240. The van der Waals surface area contributed by atoms with Gasteiger partial charge in [-0.15, -0.1) is 22.0 Å². The van der Waals surface area contributed by atoms with Crippen molar-refractivity contribution in [3.8, 4) is 0 Å². The number of aromatic nitrogens is 3. The molecule has 25 heavy (non-hydrogen) atoms. The van der Waals surface area contributed by atoms with Crippen LogP contribution in [0.25, 0.3) is 0 Å². The van der Waals surface area contributed by atoms with Crippen molar-refractivity contribution in [2.45, 2.75) is 57.5 Å². The predicted molar refractivity (Wildman–Crippen MR) is 104 cm³/mol. The summed E-state index contributed by atoms with van der Waals surface area (Å²) in [7, 11) is 0. The van der Waals surface area contributed by atoms with E-state index in [1.807, 2.05) is 0 Å². The summed E-state index contributed by atoms with van der Waals surface area (Å²) < 4.78 is 3.27. The molecule has 0 aliphatic carbocycles. The van der Waals surface area contributed by atoms with Crippen LogP contribution in [0.3, 0.4) is 0 Å². The quantitative estimate of drug-likeness (QED) is 0.744. The molecule has 0 saturated carbocycles. The highest BCUT2D eigenvalue weighted by Crippen LogP contribution is 2.28. The maximum atomic E-state index is 12.2. The molecule has 1 aromatic carbocycles. The number of hydrogen-bond acceptors (Lipinski definition) is 4. The fraction of sp³-hybridized carbons (Fsp3) is 0.500. The summed E-state index contributed by atoms with van der Waals surface area (Å²) in [6.45, 7) is 5.53. The lowest BCUT2D eigenvalue weighted by Crippen LogP contribution is -2.26. The van der Waals surface area contributed by atoms with Crippen molar-refractivity contribution in [3.05, 3.63) is 39.4 Å². The lowest BCUT2D eigenvalue weighted by atomic mass is 10.2. The third-order valence-electron chi connectivity index (χ3n) is 4.44. The van der Waals surface area contributed by atoms with Crippen molar-refractivity contribution in [1.29, 1.82) is 0 Å². The van der Waals surface area contributed by atoms with Gasteiger partial charge < -0.3 is 9.88 Å². The third kappa shape index (κ3) is 4.64. The molecule has 0 saturated heterocycles. The standard InChI is InChI=1S/C18H23BrN4OS/c1-12-9-15(13(2)8-14(12)19)25-11-18(24)20-10-17-22-21-16-6-4-3-5-7-23(16)17/h8-9H,3-7,10-11H2,1-2H3,(H,20,24). The first-order valence-electron chi connectivity index (χ1n) is 8.62. The van der Waals surface area contributed by atoms with Gasteiger partial charge in [0.2, 0.25) is 5.91 Å². The number of benzene rings is 1. The summed E-state index contributed by atoms with van der Waals surface area (Å²) in [6, 6.07) is 4.22. The molecular formula is C18H23BrN4OS. The van der Waals surface area contributed by atoms with Gasteiger partial charge in [0.15, 0.2) is 5.82 Å². The van der Waals surface area contributed by atoms with Crippen LogP contribution in [0.1, 0.15) is 42.0 Å². The summed E-state index contributed by atoms with van der Waals surface area (Å²) in [4.78, 5) is 13.4. The molecule has 0 atom stereocenters. The zero-order valence-corrected chi connectivity index (χ0v) is 17.0. The van der Waals surface area contributed by atoms with E-state index in [2.05, 4.69) is 62.0 Å². The number of hydrogen-bond donors (Lipinski definition) is 1. The van der Waals surface area contributed by atoms with Crippen LogP contribution in [0, 0.1) is 13.8 Å². The minimum Gasteiger partial charge on any atom is -0.348 e. The zero-order valence-electron chi connectivity index (χ0n) is 14.6. The first kappa shape index (κ1) is 18.5. The van der Waals surface area contributed by atoms with Crippen molar-refractivity contribution in [1.82, 2.24) is 20.1 Å². The molecule has 1 aliphatic heterocycles. The van der Waals surface area contributed by atoms with E-state index in [0.717, 1.165) is 40.4 Å². The average Bonchev–Trinajstić information content (AvgIpc) is 2.81. The maximum Gasteiger partial charge on any atom is 0.230 e. The van der Waals surface area contributed by atoms with Crippen LogP contribution in [0.2, 0.25) is 0 Å². The molecule has 0 spiro atoms. The normalized spacial score (nSPS) is 14.0. The second-order valence-electron chi connectivity index (χ2n) is 6.43. The Morgan fingerprint density at radius 2 is 2.08 bits per heavy atom. The van der Waals surface area contributed by atoms with Crippen molar-refractivity contribution in [2.75, 3.05) is 5.75 Å². The van der Waals surface area contributed by atoms with E-state index in [0.29, 0.717) is 12.3 Å². The van der Waals surface area contributed by atoms with Crippen LogP contribution in [-0.2, 0) is 24.3 Å². The number of rotatable bonds is 5. The fourth-order valence-electron chi connectivity index (χ4n) is 2.96. The molecular weight excluding hydrogens is 400 g/mol. The highest BCUT2D eigenvalue weighted by atomic mass is 79.9. The summed E-state index contributed by atoms with van der Waals surface area (Å²) in [6.07, 6.45) is 4.55. The van der Waals surface area contributed by atoms with Gasteiger partial charge in [0.25, 0.3) is 0 Å². The molecule has 0 fully saturated rings. The highest BCUT2D eigenvalue weighted by molar-refractivity contribution is 9.10. The molecule has 0 unspecified atom stereocenters. The predicted octanol–water partition coefficient (Wildman–Crippen LogP) is 3.79. The van der Waals surface area contributed by atoms with Gasteiger partial charge >= 0.3 is 0 Å². The summed E-state index contributed by atoms with van der Waals surface area (Å²) in [5, 5.41) is 11.5. The molecule has 134 valence electrons. The van der Waals surface area contributed by atoms with E-state index in [1.54, 1.807) is 11.8 Å². The molecule has 7 heteroatoms. The lowest BCUT2D eigenvalue weighted by Gasteiger charge is -2.10. The number of fused-ring (bicyclic) bond motifs is 1. The van der Waals surface area contributed by atoms with Crippen LogP contribution in [0.5, 0.6) is 0 Å². The molecule has 0 bridgehead atoms. The number of carbonyl (C=O) groups excluding carboxylic acids is 1. The Morgan fingerprint density at radius 1 is 1.24 bits per heavy atom. The highest BCUT2D eigenvalue weighted by Gasteiger charge is 2.15. The van der Waals surface area contributed by atoms with Gasteiger partial charge in [-0.2, -0.15) is 0 Å². The van der Waals surface area contributed by atoms with Gasteiger partial charge in [0.1, 0.15) is 5.82 Å². The van der Waals surface area contributed by atoms with Crippen molar-refractivity contribution in [2.24, 2.45) is 0 Å². The van der Waals surface area contributed by atoms with Crippen molar-refractivity contribution < 1.29 is 4.79 Å². The van der Waals surface area contributed by atoms with E-state index < -0.39 is 0 Å². The number of nitrogens with one attached hydrogen (secondary N) is 1. The Balaban J connectivity index is 1.54. The Hall–Kier alpha value is -1.34. The van der Waals surface area contributed by atoms with Crippen LogP contribution in [0.15, 0.2) is 21.5 Å². The molecule has 5 nitrogen and oxygen atoms in total. The smallest absolute Gasteiger partial charge is 0.230 e. The third-order valence-corrected chi connectivity index (χ3v) is 6.46. The molecule has 2 heterocycles. The number of aryl methyl sites for hydroxylation is 3. The Morgan fingerprint density at radius 3 is 2.92 bits per heavy atom. The van der Waals surface area contributed by atoms with E-state index >= 15 is 0 Å². The number of nitrogens with zero attached hydrogens (tertiary/aromatic N) is 3. The topological polar surface area (TPSA) is 59.8 Å². The van der Waals surface area contributed by atoms with Gasteiger partial charge in [0, 0.05) is 22.3 Å². The second kappa shape index (κ2) is 8.36. The van der Waals surface area contributed by atoms with Gasteiger partial charge in [-0.1, -0.05) is 22.4 Å². The van der Waals surface area contributed by atoms with E-state index in [1.165, 1.54) is 24.0 Å². The minimum atomic E-state index is 0.0240. The van der Waals surface area contributed by atoms with E-state index in [4.69, 9.17) is 0 Å². The fourth-order valence-corrected chi connectivity index (χ4v) is 4.35. The molecule has 0 radical (unpaired) electrons. The van der Waals surface area contributed by atoms with Gasteiger partial charge in [0.05, 0.1) is 12.3 Å². The number of thioether (sulfide) groups is 1. The molecule has 1 amide bonds. The number of carbonyl (C=O) groups is 1. The monoisotopic (exact) mass is 422 g/mol. The largest absolute Gasteiger partial charge is 0.348 e. The maximum absolute atomic E-state index is 12.2. The van der Waals surface area contributed by atoms with Crippen LogP contribution < -0.4 is 5.32 Å². The lowest BCUT2D eigenvalue weighted by molar-refractivity contribution is -0.118. The molecule has 3 rings (SSSR count). The Kier molecular flexibility index (Phi) is 6.17. The SMILES string of the molecule is Cc1cc(SCC(=O)NCc2nnc3n2CCCCC3)c(C)cc1Br. The molecule has 1 aliphatic rings. The molecule has 2 aromatic rings. The summed E-state index contributed by atoms with van der Waals surface area (Å²) >= 11 is 5.11. The second-order valence-corrected chi connectivity index (χ2v) is 8.30. The zero-order chi connectivity index (χ0) is 17.8. The van der Waals surface area contributed by atoms with E-state index in [-0.39, 0.29) is 5.91 Å². The Bertz CT molecular complexity index is 775. The summed E-state index contributed by atoms with van der Waals surface area (Å²) in [5.41, 5.74) is 2.36. The number of halogens is 1. The van der Waals surface area contributed by atoms with Gasteiger partial charge in [-0.05, 0) is 49.9 Å². The molecule has 1 N–H and O–H groups in total. The average molecular weight is 423 g/mol. The van der Waals surface area contributed by atoms with Gasteiger partial charge in [-0.25, -0.2) is 0 Å². The van der Waals surface area contributed by atoms with E-state index in [9.17, 15) is 4.79 Å². The molecule has 1 aromatic heterocycles. The van der Waals surface area contributed by atoms with Crippen LogP contribution >= 0.6 is 27.7 Å². The summed E-state index contributed by atoms with van der Waals surface area (Å²) in [5.74, 6) is 2.35. The van der Waals surface area contributed by atoms with Crippen molar-refractivity contribution >= 4 is 33.6 Å². The van der Waals surface area contributed by atoms with Gasteiger partial charge in [-0.3, -0.25) is 4.79 Å². The number of amides is 1. The van der Waals surface area contributed by atoms with Crippen molar-refractivity contribution in [3.63, 3.8) is 0 Å². The first-order valence-corrected chi connectivity index (χ1v) is 10.4. The first-order chi connectivity index (χ1) is 12.0. The Labute approximate surface area is 161 Å². The van der Waals surface area contributed by atoms with Crippen LogP contribution in [-0.4, -0.2) is 26.4 Å². The van der Waals surface area contributed by atoms with Crippen LogP contribution in [0.4, 0.5) is 0 Å².